The molecule has 0 spiro atoms. The molecule has 3 rings (SSSR count). The summed E-state index contributed by atoms with van der Waals surface area (Å²) < 4.78 is 130. The van der Waals surface area contributed by atoms with E-state index in [4.69, 9.17) is 0 Å². The Morgan fingerprint density at radius 2 is 1.82 bits per heavy atom. The van der Waals surface area contributed by atoms with Gasteiger partial charge in [-0.1, -0.05) is 24.7 Å². The zero-order valence-electron chi connectivity index (χ0n) is 19.6. The zero-order valence-corrected chi connectivity index (χ0v) is 21.2. The maximum atomic E-state index is 13.1. The van der Waals surface area contributed by atoms with Gasteiger partial charge in [-0.3, -0.25) is 4.72 Å². The van der Waals surface area contributed by atoms with Crippen LogP contribution in [-0.2, 0) is 21.2 Å². The minimum Gasteiger partial charge on any atom is -0.388 e. The quantitative estimate of drug-likeness (QED) is 0.207. The van der Waals surface area contributed by atoms with Gasteiger partial charge in [0.05, 0.1) is 5.69 Å². The average Bonchev–Trinajstić information content (AvgIpc) is 3.29. The maximum Gasteiger partial charge on any atom is 0.516 e. The molecule has 0 bridgehead atoms. The highest BCUT2D eigenvalue weighted by Gasteiger charge is 2.62. The lowest BCUT2D eigenvalue weighted by Crippen LogP contribution is -2.40. The number of hydrogen-bond donors (Lipinski definition) is 1. The van der Waals surface area contributed by atoms with Crippen molar-refractivity contribution in [3.63, 3.8) is 0 Å². The van der Waals surface area contributed by atoms with Gasteiger partial charge in [0.25, 0.3) is 5.13 Å². The van der Waals surface area contributed by atoms with Crippen LogP contribution in [0.5, 0.6) is 0 Å². The molecular weight excluding hydrogens is 592 g/mol. The van der Waals surface area contributed by atoms with Crippen molar-refractivity contribution in [1.29, 1.82) is 0 Å². The van der Waals surface area contributed by atoms with Crippen molar-refractivity contribution in [3.05, 3.63) is 22.7 Å². The number of azo groups is 1. The molecule has 1 aromatic heterocycles. The van der Waals surface area contributed by atoms with Gasteiger partial charge < -0.3 is 9.64 Å². The standard InChI is InChI=1S/C19H18F8N6O4S2/c1-2-3-6-33-7-4-5-10-8-11(12(9-13(10)33)32-39(35,36)19(25,26)27)28-30-16-31-29-14(38-16)15(34)37-18(23,24)17(20,21)22/h8-9,32H,2-7H2,1H3. The number of rotatable bonds is 9. The van der Waals surface area contributed by atoms with Crippen LogP contribution in [-0.4, -0.2) is 55.5 Å². The second-order valence-corrected chi connectivity index (χ2v) is 10.6. The van der Waals surface area contributed by atoms with Crippen LogP contribution in [0.2, 0.25) is 0 Å². The van der Waals surface area contributed by atoms with Crippen molar-refractivity contribution in [2.75, 3.05) is 22.7 Å². The van der Waals surface area contributed by atoms with Gasteiger partial charge in [-0.15, -0.1) is 20.4 Å². The molecule has 39 heavy (non-hydrogen) atoms. The molecule has 0 amide bonds. The zero-order chi connectivity index (χ0) is 29.2. The van der Waals surface area contributed by atoms with Crippen molar-refractivity contribution in [2.45, 2.75) is 50.4 Å². The number of unbranched alkanes of at least 4 members (excludes halogenated alkanes) is 1. The Labute approximate surface area is 219 Å². The first kappa shape index (κ1) is 30.4. The highest BCUT2D eigenvalue weighted by molar-refractivity contribution is 7.93. The van der Waals surface area contributed by atoms with Crippen LogP contribution >= 0.6 is 11.3 Å². The smallest absolute Gasteiger partial charge is 0.388 e. The van der Waals surface area contributed by atoms with Crippen LogP contribution in [0.3, 0.4) is 0 Å². The molecule has 0 aliphatic carbocycles. The molecule has 0 atom stereocenters. The van der Waals surface area contributed by atoms with E-state index in [1.165, 1.54) is 16.9 Å². The molecule has 0 unspecified atom stereocenters. The van der Waals surface area contributed by atoms with Crippen LogP contribution in [0.25, 0.3) is 0 Å². The van der Waals surface area contributed by atoms with Gasteiger partial charge in [0.15, 0.2) is 0 Å². The maximum absolute atomic E-state index is 13.1. The Morgan fingerprint density at radius 3 is 2.44 bits per heavy atom. The van der Waals surface area contributed by atoms with Crippen LogP contribution in [0.1, 0.15) is 41.6 Å². The lowest BCUT2D eigenvalue weighted by molar-refractivity contribution is -0.370. The minimum atomic E-state index is -6.19. The largest absolute Gasteiger partial charge is 0.516 e. The first-order valence-corrected chi connectivity index (χ1v) is 13.2. The third-order valence-corrected chi connectivity index (χ3v) is 7.01. The topological polar surface area (TPSA) is 126 Å². The summed E-state index contributed by atoms with van der Waals surface area (Å²) in [5.41, 5.74) is -5.53. The van der Waals surface area contributed by atoms with E-state index in [1.807, 2.05) is 11.8 Å². The third-order valence-electron chi connectivity index (χ3n) is 5.13. The number of hydrogen-bond acceptors (Lipinski definition) is 10. The van der Waals surface area contributed by atoms with Crippen LogP contribution in [0.4, 0.5) is 57.3 Å². The number of sulfonamides is 1. The Kier molecular flexibility index (Phi) is 8.68. The Morgan fingerprint density at radius 1 is 1.13 bits per heavy atom. The summed E-state index contributed by atoms with van der Waals surface area (Å²) in [6.07, 6.45) is -9.23. The van der Waals surface area contributed by atoms with Gasteiger partial charge in [-0.25, -0.2) is 4.79 Å². The fraction of sp³-hybridized carbons (Fsp3) is 0.526. The summed E-state index contributed by atoms with van der Waals surface area (Å²) in [6, 6.07) is 2.47. The SMILES string of the molecule is CCCCN1CCCc2cc(N=Nc3nnc(C(=O)OC(F)(F)C(F)(F)F)s3)c(NS(=O)(=O)C(F)(F)F)cc21. The Bertz CT molecular complexity index is 1340. The lowest BCUT2D eigenvalue weighted by atomic mass is 10.00. The molecule has 0 fully saturated rings. The molecule has 20 heteroatoms. The minimum absolute atomic E-state index is 0.0883. The number of nitrogens with zero attached hydrogens (tertiary/aromatic N) is 5. The van der Waals surface area contributed by atoms with Crippen molar-refractivity contribution in [1.82, 2.24) is 10.2 Å². The van der Waals surface area contributed by atoms with Gasteiger partial charge in [0.2, 0.25) is 5.01 Å². The van der Waals surface area contributed by atoms with Gasteiger partial charge in [-0.05, 0) is 37.0 Å². The fourth-order valence-electron chi connectivity index (χ4n) is 3.30. The molecule has 1 aromatic carbocycles. The van der Waals surface area contributed by atoms with E-state index < -0.39 is 49.6 Å². The van der Waals surface area contributed by atoms with E-state index in [2.05, 4.69) is 25.2 Å². The van der Waals surface area contributed by atoms with E-state index in [-0.39, 0.29) is 17.0 Å². The summed E-state index contributed by atoms with van der Waals surface area (Å²) in [5.74, 6) is -2.17. The Hall–Kier alpha value is -3.16. The van der Waals surface area contributed by atoms with E-state index in [0.29, 0.717) is 37.2 Å². The molecule has 2 aromatic rings. The average molecular weight is 611 g/mol. The molecule has 0 saturated carbocycles. The molecule has 0 radical (unpaired) electrons. The highest BCUT2D eigenvalue weighted by Crippen LogP contribution is 2.40. The molecule has 10 nitrogen and oxygen atoms in total. The molecular formula is C19H18F8N6O4S2. The number of benzene rings is 1. The summed E-state index contributed by atoms with van der Waals surface area (Å²) in [4.78, 5) is 13.5. The number of fused-ring (bicyclic) bond motifs is 1. The van der Waals surface area contributed by atoms with Crippen LogP contribution < -0.4 is 9.62 Å². The summed E-state index contributed by atoms with van der Waals surface area (Å²) in [6.45, 7) is 3.08. The predicted octanol–water partition coefficient (Wildman–Crippen LogP) is 6.08. The number of aryl methyl sites for hydroxylation is 1. The van der Waals surface area contributed by atoms with Crippen molar-refractivity contribution in [3.8, 4) is 0 Å². The summed E-state index contributed by atoms with van der Waals surface area (Å²) >= 11 is 0.0883. The number of ether oxygens (including phenoxy) is 1. The van der Waals surface area contributed by atoms with Crippen molar-refractivity contribution >= 4 is 49.5 Å². The van der Waals surface area contributed by atoms with E-state index in [1.54, 1.807) is 0 Å². The number of carbonyl (C=O) groups excluding carboxylic acids is 1. The molecule has 0 saturated heterocycles. The first-order chi connectivity index (χ1) is 17.9. The number of halogens is 8. The Balaban J connectivity index is 1.94. The second kappa shape index (κ2) is 11.1. The summed E-state index contributed by atoms with van der Waals surface area (Å²) in [7, 11) is -5.87. The number of carbonyl (C=O) groups is 1. The summed E-state index contributed by atoms with van der Waals surface area (Å²) in [5, 5.41) is 11.9. The van der Waals surface area contributed by atoms with Crippen molar-refractivity contribution < 1.29 is 53.1 Å². The normalized spacial score (nSPS) is 14.9. The predicted molar refractivity (Wildman–Crippen MR) is 121 cm³/mol. The fourth-order valence-corrected chi connectivity index (χ4v) is 4.41. The number of aromatic nitrogens is 2. The monoisotopic (exact) mass is 610 g/mol. The molecule has 1 N–H and O–H groups in total. The van der Waals surface area contributed by atoms with Crippen LogP contribution in [0, 0.1) is 0 Å². The lowest BCUT2D eigenvalue weighted by Gasteiger charge is -2.32. The first-order valence-electron chi connectivity index (χ1n) is 10.9. The van der Waals surface area contributed by atoms with E-state index in [0.717, 1.165) is 12.8 Å². The van der Waals surface area contributed by atoms with E-state index >= 15 is 0 Å². The van der Waals surface area contributed by atoms with Gasteiger partial charge in [0, 0.05) is 18.8 Å². The second-order valence-electron chi connectivity index (χ2n) is 7.99. The molecule has 216 valence electrons. The molecule has 1 aliphatic heterocycles. The third kappa shape index (κ3) is 7.08. The highest BCUT2D eigenvalue weighted by atomic mass is 32.2. The van der Waals surface area contributed by atoms with Crippen molar-refractivity contribution in [2.24, 2.45) is 10.2 Å². The molecule has 2 heterocycles. The van der Waals surface area contributed by atoms with Gasteiger partial charge >= 0.3 is 33.8 Å². The van der Waals surface area contributed by atoms with Crippen LogP contribution in [0.15, 0.2) is 22.4 Å². The number of anilines is 2. The molecule has 1 aliphatic rings. The van der Waals surface area contributed by atoms with E-state index in [9.17, 15) is 48.3 Å². The number of nitrogens with one attached hydrogen (secondary N) is 1. The number of alkyl halides is 8. The van der Waals surface area contributed by atoms with Gasteiger partial charge in [0.1, 0.15) is 5.69 Å². The number of esters is 1. The van der Waals surface area contributed by atoms with Gasteiger partial charge in [-0.2, -0.15) is 43.5 Å².